The van der Waals surface area contributed by atoms with Crippen LogP contribution in [0.5, 0.6) is 0 Å². The van der Waals surface area contributed by atoms with Gasteiger partial charge in [0.25, 0.3) is 0 Å². The molecule has 4 heteroatoms. The number of rotatable bonds is 7. The molecule has 0 aromatic carbocycles. The van der Waals surface area contributed by atoms with Gasteiger partial charge in [-0.25, -0.2) is 4.98 Å². The molecule has 0 spiro atoms. The largest absolute Gasteiger partial charge is 0.393 e. The smallest absolute Gasteiger partial charge is 0.0945 e. The van der Waals surface area contributed by atoms with Crippen molar-refractivity contribution in [2.75, 3.05) is 6.54 Å². The fourth-order valence-corrected chi connectivity index (χ4v) is 1.62. The van der Waals surface area contributed by atoms with Crippen LogP contribution in [0.3, 0.4) is 0 Å². The zero-order chi connectivity index (χ0) is 11.1. The molecule has 0 fully saturated rings. The first-order chi connectivity index (χ1) is 7.18. The monoisotopic (exact) mass is 211 g/mol. The maximum absolute atomic E-state index is 9.18. The standard InChI is InChI=1S/C11H21N3O/c1-10(8-11(2)15)13-4-3-6-14-7-5-12-9-14/h5,7,9-11,13,15H,3-4,6,8H2,1-2H3. The average molecular weight is 211 g/mol. The van der Waals surface area contributed by atoms with Crippen molar-refractivity contribution in [2.24, 2.45) is 0 Å². The van der Waals surface area contributed by atoms with Gasteiger partial charge in [0, 0.05) is 25.0 Å². The van der Waals surface area contributed by atoms with Gasteiger partial charge in [0.15, 0.2) is 0 Å². The van der Waals surface area contributed by atoms with E-state index in [0.717, 1.165) is 25.9 Å². The van der Waals surface area contributed by atoms with Gasteiger partial charge in [-0.3, -0.25) is 0 Å². The van der Waals surface area contributed by atoms with E-state index in [4.69, 9.17) is 0 Å². The molecule has 0 aliphatic rings. The lowest BCUT2D eigenvalue weighted by Gasteiger charge is -2.15. The van der Waals surface area contributed by atoms with E-state index in [9.17, 15) is 5.11 Å². The van der Waals surface area contributed by atoms with Gasteiger partial charge in [-0.15, -0.1) is 0 Å². The van der Waals surface area contributed by atoms with Crippen LogP contribution in [-0.2, 0) is 6.54 Å². The molecule has 0 aliphatic heterocycles. The number of imidazole rings is 1. The van der Waals surface area contributed by atoms with Gasteiger partial charge in [0.05, 0.1) is 12.4 Å². The molecule has 1 aromatic heterocycles. The predicted molar refractivity (Wildman–Crippen MR) is 60.6 cm³/mol. The number of aromatic nitrogens is 2. The molecule has 15 heavy (non-hydrogen) atoms. The summed E-state index contributed by atoms with van der Waals surface area (Å²) in [5.74, 6) is 0. The molecule has 2 atom stereocenters. The van der Waals surface area contributed by atoms with E-state index in [2.05, 4.69) is 21.8 Å². The molecule has 2 unspecified atom stereocenters. The summed E-state index contributed by atoms with van der Waals surface area (Å²) in [5.41, 5.74) is 0. The number of aliphatic hydroxyl groups is 1. The first-order valence-electron chi connectivity index (χ1n) is 5.55. The Bertz CT molecular complexity index is 246. The normalized spacial score (nSPS) is 15.1. The summed E-state index contributed by atoms with van der Waals surface area (Å²) in [7, 11) is 0. The van der Waals surface area contributed by atoms with Crippen LogP contribution in [0, 0.1) is 0 Å². The van der Waals surface area contributed by atoms with E-state index in [-0.39, 0.29) is 6.10 Å². The molecule has 2 N–H and O–H groups in total. The van der Waals surface area contributed by atoms with Crippen molar-refractivity contribution in [3.63, 3.8) is 0 Å². The highest BCUT2D eigenvalue weighted by Crippen LogP contribution is 1.97. The zero-order valence-electron chi connectivity index (χ0n) is 9.56. The van der Waals surface area contributed by atoms with Gasteiger partial charge in [-0.1, -0.05) is 0 Å². The van der Waals surface area contributed by atoms with E-state index < -0.39 is 0 Å². The van der Waals surface area contributed by atoms with Gasteiger partial charge in [-0.2, -0.15) is 0 Å². The number of aryl methyl sites for hydroxylation is 1. The zero-order valence-corrected chi connectivity index (χ0v) is 9.56. The second-order valence-corrected chi connectivity index (χ2v) is 4.09. The molecule has 1 aromatic rings. The Balaban J connectivity index is 2.01. The molecule has 0 saturated heterocycles. The quantitative estimate of drug-likeness (QED) is 0.662. The number of nitrogens with zero attached hydrogens (tertiary/aromatic N) is 2. The minimum absolute atomic E-state index is 0.221. The Hall–Kier alpha value is -0.870. The third-order valence-corrected chi connectivity index (χ3v) is 2.34. The summed E-state index contributed by atoms with van der Waals surface area (Å²) < 4.78 is 2.07. The van der Waals surface area contributed by atoms with Gasteiger partial charge < -0.3 is 15.0 Å². The van der Waals surface area contributed by atoms with Gasteiger partial charge in [-0.05, 0) is 33.2 Å². The van der Waals surface area contributed by atoms with Crippen LogP contribution in [0.1, 0.15) is 26.7 Å². The van der Waals surface area contributed by atoms with E-state index in [1.165, 1.54) is 0 Å². The van der Waals surface area contributed by atoms with Crippen LogP contribution >= 0.6 is 0 Å². The van der Waals surface area contributed by atoms with Gasteiger partial charge in [0.2, 0.25) is 0 Å². The van der Waals surface area contributed by atoms with Gasteiger partial charge >= 0.3 is 0 Å². The van der Waals surface area contributed by atoms with Crippen LogP contribution in [0.25, 0.3) is 0 Å². The topological polar surface area (TPSA) is 50.1 Å². The number of hydrogen-bond acceptors (Lipinski definition) is 3. The van der Waals surface area contributed by atoms with Crippen molar-refractivity contribution >= 4 is 0 Å². The SMILES string of the molecule is CC(O)CC(C)NCCCn1ccnc1. The Morgan fingerprint density at radius 2 is 2.27 bits per heavy atom. The van der Waals surface area contributed by atoms with Crippen molar-refractivity contribution in [3.8, 4) is 0 Å². The minimum Gasteiger partial charge on any atom is -0.393 e. The third kappa shape index (κ3) is 5.54. The van der Waals surface area contributed by atoms with Crippen LogP contribution in [-0.4, -0.2) is 33.3 Å². The fraction of sp³-hybridized carbons (Fsp3) is 0.727. The van der Waals surface area contributed by atoms with Crippen molar-refractivity contribution in [1.29, 1.82) is 0 Å². The maximum Gasteiger partial charge on any atom is 0.0945 e. The first kappa shape index (κ1) is 12.2. The average Bonchev–Trinajstić information content (AvgIpc) is 2.63. The van der Waals surface area contributed by atoms with E-state index in [1.54, 1.807) is 6.20 Å². The number of nitrogens with one attached hydrogen (secondary N) is 1. The highest BCUT2D eigenvalue weighted by molar-refractivity contribution is 4.74. The second-order valence-electron chi connectivity index (χ2n) is 4.09. The Morgan fingerprint density at radius 3 is 2.87 bits per heavy atom. The van der Waals surface area contributed by atoms with Gasteiger partial charge in [0.1, 0.15) is 0 Å². The highest BCUT2D eigenvalue weighted by atomic mass is 16.3. The number of aliphatic hydroxyl groups excluding tert-OH is 1. The summed E-state index contributed by atoms with van der Waals surface area (Å²) in [6.07, 6.45) is 7.27. The van der Waals surface area contributed by atoms with Crippen molar-refractivity contribution < 1.29 is 5.11 Å². The van der Waals surface area contributed by atoms with E-state index in [0.29, 0.717) is 6.04 Å². The first-order valence-corrected chi connectivity index (χ1v) is 5.55. The third-order valence-electron chi connectivity index (χ3n) is 2.34. The van der Waals surface area contributed by atoms with Crippen LogP contribution in [0.4, 0.5) is 0 Å². The summed E-state index contributed by atoms with van der Waals surface area (Å²) in [4.78, 5) is 3.98. The molecule has 0 amide bonds. The minimum atomic E-state index is -0.221. The summed E-state index contributed by atoms with van der Waals surface area (Å²) >= 11 is 0. The molecule has 86 valence electrons. The van der Waals surface area contributed by atoms with Crippen LogP contribution < -0.4 is 5.32 Å². The molecular weight excluding hydrogens is 190 g/mol. The summed E-state index contributed by atoms with van der Waals surface area (Å²) in [6.45, 7) is 5.90. The summed E-state index contributed by atoms with van der Waals surface area (Å²) in [6, 6.07) is 0.382. The van der Waals surface area contributed by atoms with E-state index in [1.807, 2.05) is 19.4 Å². The van der Waals surface area contributed by atoms with Crippen molar-refractivity contribution in [1.82, 2.24) is 14.9 Å². The lowest BCUT2D eigenvalue weighted by atomic mass is 10.1. The molecule has 0 radical (unpaired) electrons. The van der Waals surface area contributed by atoms with Crippen LogP contribution in [0.2, 0.25) is 0 Å². The molecule has 0 bridgehead atoms. The highest BCUT2D eigenvalue weighted by Gasteiger charge is 2.04. The molecular formula is C11H21N3O. The maximum atomic E-state index is 9.18. The van der Waals surface area contributed by atoms with E-state index >= 15 is 0 Å². The Kier molecular flexibility index (Phi) is 5.36. The lowest BCUT2D eigenvalue weighted by Crippen LogP contribution is -2.30. The fourth-order valence-electron chi connectivity index (χ4n) is 1.62. The summed E-state index contributed by atoms with van der Waals surface area (Å²) in [5, 5.41) is 12.6. The lowest BCUT2D eigenvalue weighted by molar-refractivity contribution is 0.170. The van der Waals surface area contributed by atoms with Crippen molar-refractivity contribution in [2.45, 2.75) is 45.4 Å². The molecule has 1 heterocycles. The molecule has 1 rings (SSSR count). The molecule has 0 aliphatic carbocycles. The Morgan fingerprint density at radius 1 is 1.47 bits per heavy atom. The second kappa shape index (κ2) is 6.58. The molecule has 0 saturated carbocycles. The molecule has 4 nitrogen and oxygen atoms in total. The van der Waals surface area contributed by atoms with Crippen LogP contribution in [0.15, 0.2) is 18.7 Å². The number of hydrogen-bond donors (Lipinski definition) is 2. The van der Waals surface area contributed by atoms with Crippen molar-refractivity contribution in [3.05, 3.63) is 18.7 Å². The Labute approximate surface area is 91.3 Å². The predicted octanol–water partition coefficient (Wildman–Crippen LogP) is 1.02.